The SMILES string of the molecule is CCN(CC)CC.O=C1CCC(=O)O1.[3H]CC1(COC(=O)CCC(=O)O)CCN(C(=O)CCCCCNC(=O)CCCCCCC(=O)C(F)(F)F)CC1.[3H]OC. The first-order chi connectivity index (χ1) is 26.4. The molecule has 2 aliphatic heterocycles. The summed E-state index contributed by atoms with van der Waals surface area (Å²) in [5.41, 5.74) is -0.528. The van der Waals surface area contributed by atoms with Gasteiger partial charge in [0.25, 0.3) is 0 Å². The first-order valence-electron chi connectivity index (χ1n) is 19.8. The number of carbonyl (C=O) groups excluding carboxylic acids is 6. The fourth-order valence-corrected chi connectivity index (χ4v) is 5.11. The number of Topliss-reactive ketones (excluding diaryl/α,β-unsaturated/α-hetero) is 1. The number of hydrogen-bond donors (Lipinski definition) is 3. The molecule has 0 radical (unpaired) electrons. The van der Waals surface area contributed by atoms with Gasteiger partial charge in [-0.2, -0.15) is 13.2 Å². The molecule has 0 aromatic carbocycles. The van der Waals surface area contributed by atoms with Gasteiger partial charge in [0.2, 0.25) is 19.0 Å². The number of carbonyl (C=O) groups is 7. The summed E-state index contributed by atoms with van der Waals surface area (Å²) in [6.45, 7) is 11.6. The number of nitrogens with zero attached hydrogens (tertiary/aromatic N) is 2. The Morgan fingerprint density at radius 3 is 1.83 bits per heavy atom. The van der Waals surface area contributed by atoms with E-state index in [1.54, 1.807) is 4.90 Å². The average Bonchev–Trinajstić information content (AvgIpc) is 3.55. The minimum Gasteiger partial charge on any atom is -0.481 e. The molecule has 0 aromatic heterocycles. The van der Waals surface area contributed by atoms with E-state index in [0.717, 1.165) is 6.42 Å². The van der Waals surface area contributed by atoms with Crippen LogP contribution in [0.25, 0.3) is 0 Å². The van der Waals surface area contributed by atoms with Gasteiger partial charge in [-0.1, -0.05) is 46.9 Å². The molecule has 17 heteroatoms. The monoisotopic (exact) mass is 787 g/mol. The highest BCUT2D eigenvalue weighted by atomic mass is 19.4. The van der Waals surface area contributed by atoms with E-state index in [0.29, 0.717) is 71.0 Å². The number of nitrogens with one attached hydrogen (secondary N) is 1. The number of unbranched alkanes of at least 4 members (excludes halogenated alkanes) is 5. The average molecular weight is 788 g/mol. The third-order valence-corrected chi connectivity index (χ3v) is 8.63. The number of likely N-dealkylation sites (tertiary alicyclic amines) is 1. The van der Waals surface area contributed by atoms with E-state index in [1.165, 1.54) is 26.7 Å². The number of alkyl halides is 3. The summed E-state index contributed by atoms with van der Waals surface area (Å²) < 4.78 is 59.2. The number of piperidine rings is 1. The predicted molar refractivity (Wildman–Crippen MR) is 194 cm³/mol. The van der Waals surface area contributed by atoms with Crippen LogP contribution < -0.4 is 5.32 Å². The highest BCUT2D eigenvalue weighted by molar-refractivity contribution is 5.92. The Hall–Kier alpha value is -3.60. The molecule has 0 saturated carbocycles. The van der Waals surface area contributed by atoms with E-state index in [-0.39, 0.29) is 63.8 Å². The molecule has 2 saturated heterocycles. The lowest BCUT2D eigenvalue weighted by atomic mass is 9.81. The number of carboxylic acids is 1. The number of esters is 3. The Bertz CT molecular complexity index is 1150. The molecule has 3 N–H and O–H groups in total. The van der Waals surface area contributed by atoms with Crippen molar-refractivity contribution in [3.8, 4) is 0 Å². The van der Waals surface area contributed by atoms with E-state index >= 15 is 0 Å². The smallest absolute Gasteiger partial charge is 0.449 e. The second kappa shape index (κ2) is 30.7. The molecule has 2 fully saturated rings. The number of hydrogen-bond acceptors (Lipinski definition) is 11. The zero-order valence-electron chi connectivity index (χ0n) is 34.5. The summed E-state index contributed by atoms with van der Waals surface area (Å²) >= 11 is 0. The molecular weight excluding hydrogens is 719 g/mol. The number of aliphatic hydroxyl groups is 1. The van der Waals surface area contributed by atoms with Crippen LogP contribution in [0.1, 0.15) is 132 Å². The molecule has 0 unspecified atom stereocenters. The molecule has 2 rings (SSSR count). The maximum absolute atomic E-state index is 12.5. The Kier molecular flexibility index (Phi) is 27.5. The van der Waals surface area contributed by atoms with Gasteiger partial charge in [-0.3, -0.25) is 33.6 Å². The third-order valence-electron chi connectivity index (χ3n) is 8.63. The maximum Gasteiger partial charge on any atom is 0.449 e. The van der Waals surface area contributed by atoms with Gasteiger partial charge >= 0.3 is 30.1 Å². The topological polar surface area (TPSA) is 197 Å². The second-order valence-corrected chi connectivity index (χ2v) is 12.9. The van der Waals surface area contributed by atoms with Gasteiger partial charge < -0.3 is 34.8 Å². The Labute approximate surface area is 320 Å². The first-order valence-corrected chi connectivity index (χ1v) is 18.7. The highest BCUT2D eigenvalue weighted by Crippen LogP contribution is 2.31. The van der Waals surface area contributed by atoms with Crippen LogP contribution in [0, 0.1) is 5.41 Å². The fraction of sp³-hybridized carbons (Fsp3) is 0.811. The fourth-order valence-electron chi connectivity index (χ4n) is 5.11. The van der Waals surface area contributed by atoms with Gasteiger partial charge in [-0.15, -0.1) is 0 Å². The third kappa shape index (κ3) is 27.9. The lowest BCUT2D eigenvalue weighted by molar-refractivity contribution is -0.171. The van der Waals surface area contributed by atoms with E-state index in [9.17, 15) is 46.7 Å². The zero-order chi connectivity index (χ0) is 43.0. The van der Waals surface area contributed by atoms with Crippen molar-refractivity contribution in [3.63, 3.8) is 0 Å². The van der Waals surface area contributed by atoms with Crippen LogP contribution in [0.15, 0.2) is 0 Å². The highest BCUT2D eigenvalue weighted by Gasteiger charge is 2.37. The van der Waals surface area contributed by atoms with Crippen LogP contribution in [-0.2, 0) is 43.0 Å². The van der Waals surface area contributed by atoms with E-state index < -0.39 is 47.7 Å². The van der Waals surface area contributed by atoms with Crippen molar-refractivity contribution in [2.45, 2.75) is 137 Å². The van der Waals surface area contributed by atoms with Crippen molar-refractivity contribution in [3.05, 3.63) is 0 Å². The van der Waals surface area contributed by atoms with Gasteiger partial charge in [-0.25, -0.2) is 0 Å². The molecule has 2 aliphatic rings. The number of carboxylic acid groups (broad SMARTS) is 1. The number of amides is 2. The van der Waals surface area contributed by atoms with E-state index in [2.05, 4.69) is 40.8 Å². The van der Waals surface area contributed by atoms with Crippen molar-refractivity contribution < 1.29 is 67.8 Å². The molecular formula is C37H64F3N3O11. The maximum atomic E-state index is 12.5. The van der Waals surface area contributed by atoms with Gasteiger partial charge in [0.1, 0.15) is 0 Å². The van der Waals surface area contributed by atoms with Crippen LogP contribution >= 0.6 is 0 Å². The van der Waals surface area contributed by atoms with Crippen molar-refractivity contribution in [2.75, 3.05) is 53.0 Å². The molecule has 0 aromatic rings. The van der Waals surface area contributed by atoms with Crippen LogP contribution in [-0.4, -0.2) is 122 Å². The summed E-state index contributed by atoms with van der Waals surface area (Å²) in [5.74, 6) is -4.29. The van der Waals surface area contributed by atoms with Gasteiger partial charge in [0, 0.05) is 52.8 Å². The van der Waals surface area contributed by atoms with Gasteiger partial charge in [0.05, 0.1) is 32.3 Å². The molecule has 14 nitrogen and oxygen atoms in total. The summed E-state index contributed by atoms with van der Waals surface area (Å²) in [4.78, 5) is 81.6. The van der Waals surface area contributed by atoms with Crippen molar-refractivity contribution in [1.29, 1.82) is 1.43 Å². The van der Waals surface area contributed by atoms with Gasteiger partial charge in [0.15, 0.2) is 0 Å². The summed E-state index contributed by atoms with van der Waals surface area (Å²) in [6.07, 6.45) is 0.350. The number of ketones is 1. The minimum atomic E-state index is -4.77. The molecule has 2 heterocycles. The lowest BCUT2D eigenvalue weighted by Gasteiger charge is -2.39. The van der Waals surface area contributed by atoms with E-state index in [4.69, 9.17) is 12.6 Å². The second-order valence-electron chi connectivity index (χ2n) is 12.9. The van der Waals surface area contributed by atoms with Crippen molar-refractivity contribution in [2.24, 2.45) is 5.41 Å². The van der Waals surface area contributed by atoms with Crippen LogP contribution in [0.3, 0.4) is 0 Å². The number of rotatable bonds is 21. The van der Waals surface area contributed by atoms with Gasteiger partial charge in [-0.05, 0) is 58.2 Å². The molecule has 2 amide bonds. The molecule has 0 atom stereocenters. The predicted octanol–water partition coefficient (Wildman–Crippen LogP) is 4.98. The van der Waals surface area contributed by atoms with Crippen LogP contribution in [0.2, 0.25) is 0 Å². The standard InChI is InChI=1S/C26H41F3N2O7.C6H15N.C4H4O3.CH4O/c1-25(19-38-24(37)13-12-23(35)36)14-17-31(18-15-25)22(34)11-7-4-8-16-30-21(33)10-6-3-2-5-9-20(32)26(27,28)29;1-4-7(5-2)6-3;5-3-1-2-4(6)7-3;1-2/h2-19H2,1H3,(H,30,33)(H,35,36);4-6H2,1-3H3;1-2H2;2H,1H3/i1T;;;2T. The summed E-state index contributed by atoms with van der Waals surface area (Å²) in [6, 6.07) is 0. The minimum absolute atomic E-state index is 0.0213. The first kappa shape index (κ1) is 48.4. The lowest BCUT2D eigenvalue weighted by Crippen LogP contribution is -2.44. The molecule has 0 spiro atoms. The van der Waals surface area contributed by atoms with Crippen LogP contribution in [0.4, 0.5) is 13.2 Å². The Morgan fingerprint density at radius 1 is 0.870 bits per heavy atom. The number of aliphatic carboxylic acids is 1. The molecule has 314 valence electrons. The largest absolute Gasteiger partial charge is 0.481 e. The van der Waals surface area contributed by atoms with Crippen molar-refractivity contribution in [1.82, 2.24) is 15.1 Å². The number of ether oxygens (including phenoxy) is 2. The molecule has 54 heavy (non-hydrogen) atoms. The Morgan fingerprint density at radius 2 is 1.39 bits per heavy atom. The number of cyclic esters (lactones) is 2. The van der Waals surface area contributed by atoms with Crippen LogP contribution in [0.5, 0.6) is 0 Å². The molecule has 0 bridgehead atoms. The zero-order valence-corrected chi connectivity index (χ0v) is 32.5. The number of aliphatic hydroxyl groups excluding tert-OH is 1. The molecule has 0 aliphatic carbocycles. The summed E-state index contributed by atoms with van der Waals surface area (Å²) in [7, 11) is 1.29. The van der Waals surface area contributed by atoms with Crippen molar-refractivity contribution >= 4 is 41.5 Å². The van der Waals surface area contributed by atoms with E-state index in [1.807, 2.05) is 0 Å². The number of halogens is 3. The summed E-state index contributed by atoms with van der Waals surface area (Å²) in [5, 5.41) is 14.9. The quantitative estimate of drug-likeness (QED) is 0.0803. The normalized spacial score (nSPS) is 15.1. The Balaban J connectivity index is 0.